The lowest BCUT2D eigenvalue weighted by atomic mass is 9.76. The molecule has 4 fully saturated rings. The molecule has 0 spiro atoms. The number of nitrogens with zero attached hydrogens (tertiary/aromatic N) is 3. The van der Waals surface area contributed by atoms with E-state index in [1.165, 1.54) is 0 Å². The Balaban J connectivity index is 1.16. The number of amides is 4. The fourth-order valence-electron chi connectivity index (χ4n) is 6.45. The molecule has 0 aromatic heterocycles. The first-order valence-electron chi connectivity index (χ1n) is 12.8. The van der Waals surface area contributed by atoms with Crippen LogP contribution in [0.3, 0.4) is 0 Å². The smallest absolute Gasteiger partial charge is 0.320 e. The van der Waals surface area contributed by atoms with Crippen molar-refractivity contribution in [1.82, 2.24) is 14.7 Å². The van der Waals surface area contributed by atoms with E-state index in [9.17, 15) is 14.4 Å². The van der Waals surface area contributed by atoms with Gasteiger partial charge in [0.15, 0.2) is 0 Å². The molecule has 35 heavy (non-hydrogen) atoms. The lowest BCUT2D eigenvalue weighted by Crippen LogP contribution is -2.62. The summed E-state index contributed by atoms with van der Waals surface area (Å²) in [6.07, 6.45) is 5.08. The van der Waals surface area contributed by atoms with E-state index in [1.54, 1.807) is 32.4 Å². The summed E-state index contributed by atoms with van der Waals surface area (Å²) in [7, 11) is 3.15. The van der Waals surface area contributed by atoms with Crippen LogP contribution in [-0.2, 0) is 9.59 Å². The molecule has 4 saturated heterocycles. The predicted octanol–water partition coefficient (Wildman–Crippen LogP) is 2.81. The summed E-state index contributed by atoms with van der Waals surface area (Å²) < 4.78 is 10.6. The van der Waals surface area contributed by atoms with Gasteiger partial charge in [0, 0.05) is 57.2 Å². The van der Waals surface area contributed by atoms with E-state index in [1.807, 2.05) is 9.80 Å². The third kappa shape index (κ3) is 4.77. The quantitative estimate of drug-likeness (QED) is 0.710. The Kier molecular flexibility index (Phi) is 6.75. The van der Waals surface area contributed by atoms with Crippen molar-refractivity contribution in [3.05, 3.63) is 18.2 Å². The number of carbonyl (C=O) groups excluding carboxylic acids is 3. The second kappa shape index (κ2) is 9.95. The number of ether oxygens (including phenoxy) is 2. The van der Waals surface area contributed by atoms with E-state index in [4.69, 9.17) is 9.47 Å². The number of anilines is 1. The van der Waals surface area contributed by atoms with Crippen molar-refractivity contribution in [3.63, 3.8) is 0 Å². The fraction of sp³-hybridized carbons (Fsp3) is 0.654. The molecule has 5 rings (SSSR count). The van der Waals surface area contributed by atoms with Gasteiger partial charge in [-0.2, -0.15) is 0 Å². The van der Waals surface area contributed by atoms with Gasteiger partial charge in [-0.1, -0.05) is 0 Å². The fourth-order valence-corrected chi connectivity index (χ4v) is 6.45. The average Bonchev–Trinajstić information content (AvgIpc) is 2.88. The maximum absolute atomic E-state index is 13.4. The van der Waals surface area contributed by atoms with Crippen LogP contribution < -0.4 is 14.8 Å². The van der Waals surface area contributed by atoms with Crippen LogP contribution in [0.2, 0.25) is 0 Å². The molecule has 4 heterocycles. The van der Waals surface area contributed by atoms with Gasteiger partial charge in [0.05, 0.1) is 19.9 Å². The Hall–Kier alpha value is -2.97. The summed E-state index contributed by atoms with van der Waals surface area (Å²) >= 11 is 0. The van der Waals surface area contributed by atoms with Gasteiger partial charge in [-0.25, -0.2) is 4.79 Å². The summed E-state index contributed by atoms with van der Waals surface area (Å²) in [6, 6.07) is 5.70. The zero-order valence-corrected chi connectivity index (χ0v) is 20.7. The molecule has 0 unspecified atom stereocenters. The monoisotopic (exact) mass is 484 g/mol. The number of carbonyl (C=O) groups is 3. The molecular formula is C26H36N4O5. The summed E-state index contributed by atoms with van der Waals surface area (Å²) in [5.74, 6) is 2.07. The molecule has 0 aliphatic carbocycles. The molecule has 0 radical (unpaired) electrons. The van der Waals surface area contributed by atoms with E-state index in [0.29, 0.717) is 73.3 Å². The van der Waals surface area contributed by atoms with Gasteiger partial charge in [-0.3, -0.25) is 9.59 Å². The Morgan fingerprint density at radius 3 is 2.54 bits per heavy atom. The van der Waals surface area contributed by atoms with Crippen molar-refractivity contribution in [2.75, 3.05) is 52.3 Å². The molecule has 1 aromatic carbocycles. The zero-order chi connectivity index (χ0) is 24.5. The summed E-state index contributed by atoms with van der Waals surface area (Å²) in [5, 5.41) is 2.98. The number of hydrogen-bond donors (Lipinski definition) is 1. The van der Waals surface area contributed by atoms with Crippen LogP contribution in [-0.4, -0.2) is 85.5 Å². The van der Waals surface area contributed by atoms with E-state index in [-0.39, 0.29) is 17.9 Å². The van der Waals surface area contributed by atoms with Crippen LogP contribution in [0, 0.1) is 17.8 Å². The van der Waals surface area contributed by atoms with Gasteiger partial charge in [-0.15, -0.1) is 0 Å². The molecule has 2 bridgehead atoms. The highest BCUT2D eigenvalue weighted by Crippen LogP contribution is 2.38. The first-order valence-corrected chi connectivity index (χ1v) is 12.8. The zero-order valence-electron chi connectivity index (χ0n) is 20.7. The molecule has 4 aliphatic rings. The normalized spacial score (nSPS) is 26.7. The number of benzene rings is 1. The van der Waals surface area contributed by atoms with Crippen LogP contribution in [0.1, 0.15) is 38.5 Å². The number of nitrogens with one attached hydrogen (secondary N) is 1. The van der Waals surface area contributed by atoms with Crippen molar-refractivity contribution in [1.29, 1.82) is 0 Å². The number of rotatable bonds is 4. The summed E-state index contributed by atoms with van der Waals surface area (Å²) in [5.41, 5.74) is 0.588. The number of likely N-dealkylation sites (tertiary alicyclic amines) is 2. The highest BCUT2D eigenvalue weighted by atomic mass is 16.5. The Morgan fingerprint density at radius 1 is 1.00 bits per heavy atom. The molecular weight excluding hydrogens is 448 g/mol. The minimum Gasteiger partial charge on any atom is -0.497 e. The van der Waals surface area contributed by atoms with Gasteiger partial charge >= 0.3 is 6.03 Å². The van der Waals surface area contributed by atoms with Crippen molar-refractivity contribution < 1.29 is 23.9 Å². The van der Waals surface area contributed by atoms with Crippen LogP contribution in [0.4, 0.5) is 10.5 Å². The molecule has 0 saturated carbocycles. The molecule has 9 heteroatoms. The molecule has 4 amide bonds. The Morgan fingerprint density at radius 2 is 1.80 bits per heavy atom. The number of hydrogen-bond acceptors (Lipinski definition) is 5. The number of piperidine rings is 4. The third-order valence-electron chi connectivity index (χ3n) is 8.25. The first kappa shape index (κ1) is 23.8. The first-order chi connectivity index (χ1) is 17.0. The van der Waals surface area contributed by atoms with Crippen LogP contribution in [0.15, 0.2) is 18.2 Å². The van der Waals surface area contributed by atoms with Crippen molar-refractivity contribution in [2.45, 2.75) is 44.6 Å². The Labute approximate surface area is 206 Å². The van der Waals surface area contributed by atoms with Gasteiger partial charge in [0.2, 0.25) is 11.8 Å². The molecule has 1 N–H and O–H groups in total. The SMILES string of the molecule is COc1ccc(OC)c(NC(=O)C2CCN(C(=O)N3C[C@@H]4C[C@H](C3)[C@H]3CCCC(=O)N3C4)CC2)c1. The second-order valence-electron chi connectivity index (χ2n) is 10.4. The highest BCUT2D eigenvalue weighted by molar-refractivity contribution is 5.94. The average molecular weight is 485 g/mol. The lowest BCUT2D eigenvalue weighted by molar-refractivity contribution is -0.144. The maximum atomic E-state index is 13.4. The number of urea groups is 1. The van der Waals surface area contributed by atoms with Gasteiger partial charge in [-0.05, 0) is 56.1 Å². The Bertz CT molecular complexity index is 976. The summed E-state index contributed by atoms with van der Waals surface area (Å²) in [6.45, 7) is 3.40. The van der Waals surface area contributed by atoms with Crippen molar-refractivity contribution in [2.24, 2.45) is 17.8 Å². The van der Waals surface area contributed by atoms with Crippen LogP contribution >= 0.6 is 0 Å². The number of fused-ring (bicyclic) bond motifs is 4. The van der Waals surface area contributed by atoms with Crippen molar-refractivity contribution in [3.8, 4) is 11.5 Å². The molecule has 3 atom stereocenters. The molecule has 4 aliphatic heterocycles. The third-order valence-corrected chi connectivity index (χ3v) is 8.25. The minimum absolute atomic E-state index is 0.0572. The lowest BCUT2D eigenvalue weighted by Gasteiger charge is -2.53. The predicted molar refractivity (Wildman–Crippen MR) is 130 cm³/mol. The maximum Gasteiger partial charge on any atom is 0.320 e. The molecule has 190 valence electrons. The van der Waals surface area contributed by atoms with Crippen LogP contribution in [0.25, 0.3) is 0 Å². The second-order valence-corrected chi connectivity index (χ2v) is 10.4. The standard InChI is InChI=1S/C26H36N4O5/c1-34-20-6-7-23(35-2)21(13-20)27-25(32)18-8-10-28(11-9-18)26(33)29-14-17-12-19(16-29)22-4-3-5-24(31)30(22)15-17/h6-7,13,17-19,22H,3-5,8-12,14-16H2,1-2H3,(H,27,32)/t17-,19+,22+/m0/s1. The van der Waals surface area contributed by atoms with Gasteiger partial charge in [0.25, 0.3) is 0 Å². The van der Waals surface area contributed by atoms with Crippen molar-refractivity contribution >= 4 is 23.5 Å². The van der Waals surface area contributed by atoms with Gasteiger partial charge < -0.3 is 29.5 Å². The summed E-state index contributed by atoms with van der Waals surface area (Å²) in [4.78, 5) is 44.7. The van der Waals surface area contributed by atoms with E-state index in [0.717, 1.165) is 38.9 Å². The topological polar surface area (TPSA) is 91.4 Å². The minimum atomic E-state index is -0.155. The van der Waals surface area contributed by atoms with Crippen LogP contribution in [0.5, 0.6) is 11.5 Å². The van der Waals surface area contributed by atoms with E-state index in [2.05, 4.69) is 10.2 Å². The van der Waals surface area contributed by atoms with E-state index >= 15 is 0 Å². The van der Waals surface area contributed by atoms with Gasteiger partial charge in [0.1, 0.15) is 11.5 Å². The van der Waals surface area contributed by atoms with E-state index < -0.39 is 0 Å². The highest BCUT2D eigenvalue weighted by Gasteiger charge is 2.45. The molecule has 9 nitrogen and oxygen atoms in total. The molecule has 1 aromatic rings. The number of methoxy groups -OCH3 is 2. The largest absolute Gasteiger partial charge is 0.497 e.